The van der Waals surface area contributed by atoms with Gasteiger partial charge < -0.3 is 0 Å². The Bertz CT molecular complexity index is 903. The topological polar surface area (TPSA) is 35.5 Å². The van der Waals surface area contributed by atoms with Crippen molar-refractivity contribution in [2.45, 2.75) is 37.2 Å². The van der Waals surface area contributed by atoms with Gasteiger partial charge >= 0.3 is 200 Å². The number of hydrogen-bond acceptors (Lipinski definition) is 3. The van der Waals surface area contributed by atoms with Crippen molar-refractivity contribution in [3.05, 3.63) is 91.0 Å². The van der Waals surface area contributed by atoms with Crippen molar-refractivity contribution < 1.29 is 14.0 Å². The standard InChI is InChI=1S/C27H32O3SeSi/c1-27(2,3)32(25-15-9-5-10-16-25,26-17-11-6-12-18-26)30-21-23(29-20-19-28)22-31-24-13-7-4-8-14-24/h4-19,23H,20-22H2,1-3H3/t23-/m1/s1. The summed E-state index contributed by atoms with van der Waals surface area (Å²) in [4.78, 5) is 11.0. The molecule has 3 aromatic carbocycles. The second kappa shape index (κ2) is 11.7. The van der Waals surface area contributed by atoms with Gasteiger partial charge in [0.05, 0.1) is 0 Å². The maximum absolute atomic E-state index is 11.0. The van der Waals surface area contributed by atoms with Gasteiger partial charge in [0.1, 0.15) is 0 Å². The Kier molecular flexibility index (Phi) is 9.03. The Morgan fingerprint density at radius 2 is 1.34 bits per heavy atom. The average molecular weight is 512 g/mol. The summed E-state index contributed by atoms with van der Waals surface area (Å²) >= 11 is 0.254. The summed E-state index contributed by atoms with van der Waals surface area (Å²) in [5.74, 6) is 0. The van der Waals surface area contributed by atoms with Gasteiger partial charge in [-0.1, -0.05) is 0 Å². The van der Waals surface area contributed by atoms with Crippen molar-refractivity contribution >= 4 is 44.4 Å². The number of aldehydes is 1. The van der Waals surface area contributed by atoms with Gasteiger partial charge in [0.15, 0.2) is 0 Å². The van der Waals surface area contributed by atoms with Gasteiger partial charge in [-0.25, -0.2) is 0 Å². The molecule has 3 nitrogen and oxygen atoms in total. The third-order valence-electron chi connectivity index (χ3n) is 5.48. The minimum absolute atomic E-state index is 0.0878. The summed E-state index contributed by atoms with van der Waals surface area (Å²) in [6, 6.07) is 31.7. The Morgan fingerprint density at radius 1 is 0.844 bits per heavy atom. The number of rotatable bonds is 11. The van der Waals surface area contributed by atoms with E-state index in [1.165, 1.54) is 14.8 Å². The molecule has 0 unspecified atom stereocenters. The van der Waals surface area contributed by atoms with Crippen LogP contribution >= 0.6 is 0 Å². The molecule has 3 aromatic rings. The second-order valence-corrected chi connectivity index (χ2v) is 15.3. The van der Waals surface area contributed by atoms with Crippen LogP contribution in [0.25, 0.3) is 0 Å². The number of benzene rings is 3. The molecule has 0 N–H and O–H groups in total. The summed E-state index contributed by atoms with van der Waals surface area (Å²) in [5, 5.41) is 3.28. The fraction of sp³-hybridized carbons (Fsp3) is 0.296. The molecule has 0 aliphatic heterocycles. The number of carbonyl (C=O) groups is 1. The maximum atomic E-state index is 11.0. The van der Waals surface area contributed by atoms with Crippen LogP contribution in [0.5, 0.6) is 0 Å². The number of ether oxygens (including phenoxy) is 1. The van der Waals surface area contributed by atoms with Gasteiger partial charge in [-0.3, -0.25) is 0 Å². The first-order chi connectivity index (χ1) is 15.5. The predicted molar refractivity (Wildman–Crippen MR) is 136 cm³/mol. The molecule has 0 bridgehead atoms. The number of hydrogen-bond donors (Lipinski definition) is 0. The zero-order chi connectivity index (χ0) is 22.9. The van der Waals surface area contributed by atoms with Crippen LogP contribution in [-0.2, 0) is 14.0 Å². The Hall–Kier alpha value is -2.01. The second-order valence-electron chi connectivity index (χ2n) is 8.72. The van der Waals surface area contributed by atoms with Crippen molar-refractivity contribution in [1.29, 1.82) is 0 Å². The Labute approximate surface area is 199 Å². The van der Waals surface area contributed by atoms with E-state index < -0.39 is 8.32 Å². The molecule has 0 aliphatic carbocycles. The van der Waals surface area contributed by atoms with E-state index in [0.29, 0.717) is 6.61 Å². The normalized spacial score (nSPS) is 13.0. The zero-order valence-electron chi connectivity index (χ0n) is 19.1. The Balaban J connectivity index is 1.91. The van der Waals surface area contributed by atoms with E-state index in [2.05, 4.69) is 106 Å². The van der Waals surface area contributed by atoms with Crippen molar-refractivity contribution in [1.82, 2.24) is 0 Å². The van der Waals surface area contributed by atoms with Crippen molar-refractivity contribution in [3.63, 3.8) is 0 Å². The van der Waals surface area contributed by atoms with Crippen molar-refractivity contribution in [2.75, 3.05) is 13.2 Å². The summed E-state index contributed by atoms with van der Waals surface area (Å²) in [6.45, 7) is 7.38. The van der Waals surface area contributed by atoms with Crippen LogP contribution in [0.3, 0.4) is 0 Å². The van der Waals surface area contributed by atoms with E-state index in [0.717, 1.165) is 11.6 Å². The van der Waals surface area contributed by atoms with Crippen LogP contribution in [0.1, 0.15) is 20.8 Å². The molecule has 0 aromatic heterocycles. The van der Waals surface area contributed by atoms with Gasteiger partial charge in [-0.15, -0.1) is 0 Å². The summed E-state index contributed by atoms with van der Waals surface area (Å²) in [7, 11) is -2.62. The molecule has 0 saturated heterocycles. The SMILES string of the molecule is CC(C)(C)[Si](OC[C@H](C[Se]c1ccccc1)OCC=O)(c1ccccc1)c1ccccc1. The summed E-state index contributed by atoms with van der Waals surface area (Å²) in [5.41, 5.74) is 0. The number of carbonyl (C=O) groups excluding carboxylic acids is 1. The molecule has 0 fully saturated rings. The van der Waals surface area contributed by atoms with Crippen LogP contribution in [0.4, 0.5) is 0 Å². The predicted octanol–water partition coefficient (Wildman–Crippen LogP) is 3.60. The molecule has 0 saturated carbocycles. The molecular formula is C27H32O3SeSi. The minimum atomic E-state index is -2.62. The van der Waals surface area contributed by atoms with E-state index in [9.17, 15) is 4.79 Å². The van der Waals surface area contributed by atoms with Crippen LogP contribution in [0, 0.1) is 0 Å². The van der Waals surface area contributed by atoms with E-state index in [4.69, 9.17) is 9.16 Å². The van der Waals surface area contributed by atoms with Crippen LogP contribution in [0.15, 0.2) is 91.0 Å². The molecule has 3 rings (SSSR count). The third-order valence-corrected chi connectivity index (χ3v) is 12.9. The van der Waals surface area contributed by atoms with Crippen LogP contribution < -0.4 is 14.8 Å². The molecular weight excluding hydrogens is 479 g/mol. The van der Waals surface area contributed by atoms with Gasteiger partial charge in [-0.2, -0.15) is 0 Å². The van der Waals surface area contributed by atoms with E-state index in [1.54, 1.807) is 0 Å². The summed E-state index contributed by atoms with van der Waals surface area (Å²) < 4.78 is 14.3. The molecule has 1 atom stereocenters. The first-order valence-electron chi connectivity index (χ1n) is 11.0. The first kappa shape index (κ1) is 24.6. The van der Waals surface area contributed by atoms with E-state index in [1.807, 2.05) is 6.07 Å². The van der Waals surface area contributed by atoms with Crippen molar-refractivity contribution in [3.8, 4) is 0 Å². The molecule has 5 heteroatoms. The summed E-state index contributed by atoms with van der Waals surface area (Å²) in [6.07, 6.45) is 0.702. The van der Waals surface area contributed by atoms with Crippen LogP contribution in [-0.4, -0.2) is 48.9 Å². The third kappa shape index (κ3) is 6.06. The monoisotopic (exact) mass is 512 g/mol. The van der Waals surface area contributed by atoms with Gasteiger partial charge in [0.2, 0.25) is 0 Å². The molecule has 0 spiro atoms. The van der Waals surface area contributed by atoms with E-state index in [-0.39, 0.29) is 32.7 Å². The fourth-order valence-electron chi connectivity index (χ4n) is 4.01. The van der Waals surface area contributed by atoms with Gasteiger partial charge in [-0.05, 0) is 0 Å². The first-order valence-corrected chi connectivity index (χ1v) is 14.9. The fourth-order valence-corrected chi connectivity index (χ4v) is 10.5. The molecule has 168 valence electrons. The van der Waals surface area contributed by atoms with Crippen LogP contribution in [0.2, 0.25) is 10.4 Å². The molecule has 32 heavy (non-hydrogen) atoms. The van der Waals surface area contributed by atoms with Crippen molar-refractivity contribution in [2.24, 2.45) is 0 Å². The van der Waals surface area contributed by atoms with Gasteiger partial charge in [0.25, 0.3) is 0 Å². The van der Waals surface area contributed by atoms with Gasteiger partial charge in [0, 0.05) is 0 Å². The average Bonchev–Trinajstić information content (AvgIpc) is 2.82. The molecule has 0 heterocycles. The van der Waals surface area contributed by atoms with E-state index >= 15 is 0 Å². The molecule has 0 radical (unpaired) electrons. The molecule has 0 aliphatic rings. The quantitative estimate of drug-likeness (QED) is 0.292. The Morgan fingerprint density at radius 3 is 1.81 bits per heavy atom. The molecule has 0 amide bonds. The zero-order valence-corrected chi connectivity index (χ0v) is 21.8.